The maximum absolute atomic E-state index is 10.8. The molecule has 0 amide bonds. The van der Waals surface area contributed by atoms with Gasteiger partial charge in [0.2, 0.25) is 0 Å². The Balaban J connectivity index is 1.49. The Bertz CT molecular complexity index is 544. The molecule has 0 bridgehead atoms. The number of morpholine rings is 1. The molecule has 0 saturated carbocycles. The van der Waals surface area contributed by atoms with Crippen LogP contribution in [0.2, 0.25) is 0 Å². The lowest BCUT2D eigenvalue weighted by atomic mass is 10.1. The van der Waals surface area contributed by atoms with Crippen molar-refractivity contribution in [3.8, 4) is 0 Å². The van der Waals surface area contributed by atoms with Crippen LogP contribution in [0.4, 0.5) is 0 Å². The van der Waals surface area contributed by atoms with Crippen LogP contribution in [-0.2, 0) is 22.6 Å². The Kier molecular flexibility index (Phi) is 3.98. The van der Waals surface area contributed by atoms with Gasteiger partial charge in [0.1, 0.15) is 12.4 Å². The lowest BCUT2D eigenvalue weighted by Crippen LogP contribution is -2.42. The van der Waals surface area contributed by atoms with E-state index in [9.17, 15) is 4.79 Å². The molecular weight excluding hydrogens is 280 g/mol. The van der Waals surface area contributed by atoms with E-state index in [2.05, 4.69) is 20.5 Å². The first kappa shape index (κ1) is 14.4. The maximum Gasteiger partial charge on any atom is 0.133 e. The number of aromatic nitrogens is 2. The molecular formula is C16H24N4O2. The molecule has 6 nitrogen and oxygen atoms in total. The molecule has 3 aliphatic rings. The highest BCUT2D eigenvalue weighted by Gasteiger charge is 2.34. The molecule has 6 heteroatoms. The zero-order chi connectivity index (χ0) is 14.9. The average Bonchev–Trinajstić information content (AvgIpc) is 3.10. The van der Waals surface area contributed by atoms with Crippen LogP contribution in [0.1, 0.15) is 36.8 Å². The molecule has 22 heavy (non-hydrogen) atoms. The first-order valence-electron chi connectivity index (χ1n) is 8.42. The highest BCUT2D eigenvalue weighted by molar-refractivity contribution is 5.52. The van der Waals surface area contributed by atoms with Crippen LogP contribution < -0.4 is 0 Å². The standard InChI is InChI=1S/C16H24N4O2/c21-8-7-18-4-2-6-20-14(10-18)9-15(17-20)16-11-19-5-1-3-13(19)12-22-16/h8-9,13,16H,1-7,10-12H2. The number of aldehydes is 1. The predicted molar refractivity (Wildman–Crippen MR) is 81.5 cm³/mol. The number of ether oxygens (including phenoxy) is 1. The van der Waals surface area contributed by atoms with Crippen LogP contribution in [0, 0.1) is 0 Å². The van der Waals surface area contributed by atoms with Gasteiger partial charge in [0, 0.05) is 32.2 Å². The van der Waals surface area contributed by atoms with Crippen LogP contribution in [0.25, 0.3) is 0 Å². The van der Waals surface area contributed by atoms with Crippen LogP contribution in [0.3, 0.4) is 0 Å². The van der Waals surface area contributed by atoms with E-state index in [1.165, 1.54) is 25.1 Å². The van der Waals surface area contributed by atoms with Crippen LogP contribution in [0.15, 0.2) is 6.07 Å². The molecule has 0 radical (unpaired) electrons. The second kappa shape index (κ2) is 6.10. The molecule has 2 fully saturated rings. The van der Waals surface area contributed by atoms with E-state index in [1.807, 2.05) is 0 Å². The molecule has 1 aromatic heterocycles. The summed E-state index contributed by atoms with van der Waals surface area (Å²) < 4.78 is 8.18. The van der Waals surface area contributed by atoms with Crippen LogP contribution in [-0.4, -0.2) is 64.7 Å². The van der Waals surface area contributed by atoms with E-state index in [0.29, 0.717) is 12.6 Å². The van der Waals surface area contributed by atoms with Gasteiger partial charge in [-0.2, -0.15) is 5.10 Å². The zero-order valence-electron chi connectivity index (χ0n) is 13.0. The van der Waals surface area contributed by atoms with E-state index in [4.69, 9.17) is 9.84 Å². The number of carbonyl (C=O) groups excluding carboxylic acids is 1. The fourth-order valence-electron chi connectivity index (χ4n) is 3.97. The van der Waals surface area contributed by atoms with Gasteiger partial charge in [-0.25, -0.2) is 0 Å². The number of fused-ring (bicyclic) bond motifs is 2. The van der Waals surface area contributed by atoms with Gasteiger partial charge in [0.05, 0.1) is 24.5 Å². The van der Waals surface area contributed by atoms with E-state index in [0.717, 1.165) is 51.2 Å². The van der Waals surface area contributed by atoms with Gasteiger partial charge in [0.25, 0.3) is 0 Å². The number of rotatable bonds is 3. The molecule has 4 rings (SSSR count). The van der Waals surface area contributed by atoms with Crippen molar-refractivity contribution in [1.82, 2.24) is 19.6 Å². The minimum atomic E-state index is 0.105. The van der Waals surface area contributed by atoms with Crippen LogP contribution >= 0.6 is 0 Å². The van der Waals surface area contributed by atoms with Crippen LogP contribution in [0.5, 0.6) is 0 Å². The Morgan fingerprint density at radius 1 is 1.32 bits per heavy atom. The van der Waals surface area contributed by atoms with E-state index < -0.39 is 0 Å². The topological polar surface area (TPSA) is 50.6 Å². The van der Waals surface area contributed by atoms with Crippen molar-refractivity contribution in [2.75, 3.05) is 32.8 Å². The number of carbonyl (C=O) groups is 1. The molecule has 2 atom stereocenters. The Morgan fingerprint density at radius 2 is 2.27 bits per heavy atom. The monoisotopic (exact) mass is 304 g/mol. The van der Waals surface area contributed by atoms with Gasteiger partial charge >= 0.3 is 0 Å². The van der Waals surface area contributed by atoms with Gasteiger partial charge in [-0.15, -0.1) is 0 Å². The summed E-state index contributed by atoms with van der Waals surface area (Å²) in [6.07, 6.45) is 4.70. The highest BCUT2D eigenvalue weighted by Crippen LogP contribution is 2.30. The minimum Gasteiger partial charge on any atom is -0.369 e. The molecule has 1 aromatic rings. The average molecular weight is 304 g/mol. The summed E-state index contributed by atoms with van der Waals surface area (Å²) >= 11 is 0. The molecule has 0 N–H and O–H groups in total. The summed E-state index contributed by atoms with van der Waals surface area (Å²) in [7, 11) is 0. The fourth-order valence-corrected chi connectivity index (χ4v) is 3.97. The molecule has 0 aliphatic carbocycles. The fraction of sp³-hybridized carbons (Fsp3) is 0.750. The van der Waals surface area contributed by atoms with E-state index >= 15 is 0 Å². The molecule has 3 aliphatic heterocycles. The van der Waals surface area contributed by atoms with Gasteiger partial charge in [-0.3, -0.25) is 14.5 Å². The molecule has 2 saturated heterocycles. The van der Waals surface area contributed by atoms with Crippen molar-refractivity contribution in [2.24, 2.45) is 0 Å². The normalized spacial score (nSPS) is 29.8. The van der Waals surface area contributed by atoms with Crippen molar-refractivity contribution in [3.05, 3.63) is 17.5 Å². The number of hydrogen-bond donors (Lipinski definition) is 0. The van der Waals surface area contributed by atoms with Gasteiger partial charge < -0.3 is 9.53 Å². The van der Waals surface area contributed by atoms with Crippen molar-refractivity contribution in [1.29, 1.82) is 0 Å². The molecule has 2 unspecified atom stereocenters. The maximum atomic E-state index is 10.8. The lowest BCUT2D eigenvalue weighted by Gasteiger charge is -2.34. The molecule has 0 aromatic carbocycles. The number of aryl methyl sites for hydroxylation is 1. The third-order valence-electron chi connectivity index (χ3n) is 5.16. The molecule has 4 heterocycles. The molecule has 120 valence electrons. The predicted octanol–water partition coefficient (Wildman–Crippen LogP) is 0.823. The second-order valence-electron chi connectivity index (χ2n) is 6.65. The van der Waals surface area contributed by atoms with Crippen molar-refractivity contribution in [2.45, 2.75) is 44.5 Å². The minimum absolute atomic E-state index is 0.105. The smallest absolute Gasteiger partial charge is 0.133 e. The summed E-state index contributed by atoms with van der Waals surface area (Å²) in [5, 5.41) is 4.79. The zero-order valence-corrected chi connectivity index (χ0v) is 13.0. The Morgan fingerprint density at radius 3 is 3.18 bits per heavy atom. The summed E-state index contributed by atoms with van der Waals surface area (Å²) in [6, 6.07) is 2.81. The van der Waals surface area contributed by atoms with E-state index in [-0.39, 0.29) is 6.10 Å². The number of hydrogen-bond acceptors (Lipinski definition) is 5. The Hall–Kier alpha value is -1.24. The first-order valence-corrected chi connectivity index (χ1v) is 8.42. The highest BCUT2D eigenvalue weighted by atomic mass is 16.5. The van der Waals surface area contributed by atoms with E-state index in [1.54, 1.807) is 0 Å². The van der Waals surface area contributed by atoms with Gasteiger partial charge in [0.15, 0.2) is 0 Å². The summed E-state index contributed by atoms with van der Waals surface area (Å²) in [5.74, 6) is 0. The van der Waals surface area contributed by atoms with Crippen molar-refractivity contribution >= 4 is 6.29 Å². The number of nitrogens with zero attached hydrogens (tertiary/aromatic N) is 4. The van der Waals surface area contributed by atoms with Gasteiger partial charge in [-0.1, -0.05) is 0 Å². The lowest BCUT2D eigenvalue weighted by molar-refractivity contribution is -0.109. The Labute approximate surface area is 131 Å². The van der Waals surface area contributed by atoms with Crippen molar-refractivity contribution < 1.29 is 9.53 Å². The summed E-state index contributed by atoms with van der Waals surface area (Å²) in [5.41, 5.74) is 2.27. The van der Waals surface area contributed by atoms with Gasteiger partial charge in [-0.05, 0) is 31.9 Å². The molecule has 0 spiro atoms. The largest absolute Gasteiger partial charge is 0.369 e. The second-order valence-corrected chi connectivity index (χ2v) is 6.65. The first-order chi connectivity index (χ1) is 10.8. The summed E-state index contributed by atoms with van der Waals surface area (Å²) in [4.78, 5) is 15.5. The quantitative estimate of drug-likeness (QED) is 0.774. The van der Waals surface area contributed by atoms with Crippen molar-refractivity contribution in [3.63, 3.8) is 0 Å². The SMILES string of the molecule is O=CCN1CCCn2nc(C3CN4CCCC4CO3)cc2C1. The third-order valence-corrected chi connectivity index (χ3v) is 5.16. The summed E-state index contributed by atoms with van der Waals surface area (Å²) in [6.45, 7) is 6.23. The third kappa shape index (κ3) is 2.71.